The van der Waals surface area contributed by atoms with E-state index in [-0.39, 0.29) is 11.7 Å². The predicted octanol–water partition coefficient (Wildman–Crippen LogP) is 2.15. The van der Waals surface area contributed by atoms with E-state index in [1.54, 1.807) is 12.0 Å². The van der Waals surface area contributed by atoms with E-state index in [1.807, 2.05) is 32.0 Å². The molecule has 1 aromatic rings. The molecular weight excluding hydrogens is 340 g/mol. The normalized spacial score (nSPS) is 16.5. The maximum atomic E-state index is 13.0. The second-order valence-electron chi connectivity index (χ2n) is 6.25. The summed E-state index contributed by atoms with van der Waals surface area (Å²) >= 11 is 0. The Hall–Kier alpha value is -1.60. The quantitative estimate of drug-likeness (QED) is 0.772. The van der Waals surface area contributed by atoms with Crippen molar-refractivity contribution in [2.45, 2.75) is 33.1 Å². The second kappa shape index (κ2) is 8.67. The highest BCUT2D eigenvalue weighted by Gasteiger charge is 2.27. The molecule has 0 atom stereocenters. The van der Waals surface area contributed by atoms with Crippen LogP contribution in [0.1, 0.15) is 42.6 Å². The van der Waals surface area contributed by atoms with Gasteiger partial charge in [-0.15, -0.1) is 0 Å². The lowest BCUT2D eigenvalue weighted by Crippen LogP contribution is -2.38. The number of benzene rings is 1. The Morgan fingerprint density at radius 1 is 1.16 bits per heavy atom. The number of sulfonamides is 1. The molecule has 0 bridgehead atoms. The number of carbonyl (C=O) groups is 1. The van der Waals surface area contributed by atoms with Gasteiger partial charge in [-0.25, -0.2) is 12.7 Å². The number of ether oxygens (including phenoxy) is 1. The van der Waals surface area contributed by atoms with Crippen molar-refractivity contribution in [3.8, 4) is 5.75 Å². The molecule has 2 rings (SSSR count). The zero-order chi connectivity index (χ0) is 18.4. The summed E-state index contributed by atoms with van der Waals surface area (Å²) in [5, 5.41) is 0. The van der Waals surface area contributed by atoms with Gasteiger partial charge in [0.1, 0.15) is 5.75 Å². The van der Waals surface area contributed by atoms with Crippen LogP contribution >= 0.6 is 0 Å². The number of methoxy groups -OCH3 is 1. The summed E-state index contributed by atoms with van der Waals surface area (Å²) < 4.78 is 31.4. The van der Waals surface area contributed by atoms with E-state index >= 15 is 0 Å². The average molecular weight is 368 g/mol. The first-order chi connectivity index (χ1) is 11.9. The molecule has 1 aromatic carbocycles. The first-order valence-electron chi connectivity index (χ1n) is 8.87. The van der Waals surface area contributed by atoms with Gasteiger partial charge in [0.05, 0.1) is 18.4 Å². The lowest BCUT2D eigenvalue weighted by molar-refractivity contribution is 0.0760. The lowest BCUT2D eigenvalue weighted by Gasteiger charge is -2.23. The fourth-order valence-corrected chi connectivity index (χ4v) is 4.62. The van der Waals surface area contributed by atoms with Crippen molar-refractivity contribution in [2.75, 3.05) is 39.0 Å². The van der Waals surface area contributed by atoms with E-state index in [0.29, 0.717) is 50.3 Å². The minimum absolute atomic E-state index is 0.0955. The van der Waals surface area contributed by atoms with Crippen molar-refractivity contribution in [1.29, 1.82) is 0 Å². The molecule has 1 aliphatic heterocycles. The molecule has 0 aromatic heterocycles. The first-order valence-corrected chi connectivity index (χ1v) is 10.5. The average Bonchev–Trinajstić information content (AvgIpc) is 2.87. The van der Waals surface area contributed by atoms with E-state index < -0.39 is 10.0 Å². The van der Waals surface area contributed by atoms with Crippen molar-refractivity contribution in [3.05, 3.63) is 29.3 Å². The third-order valence-electron chi connectivity index (χ3n) is 4.50. The topological polar surface area (TPSA) is 66.9 Å². The summed E-state index contributed by atoms with van der Waals surface area (Å²) in [6.07, 6.45) is 2.08. The second-order valence-corrected chi connectivity index (χ2v) is 8.34. The van der Waals surface area contributed by atoms with E-state index in [1.165, 1.54) is 4.31 Å². The highest BCUT2D eigenvalue weighted by Crippen LogP contribution is 2.23. The van der Waals surface area contributed by atoms with Crippen molar-refractivity contribution in [3.63, 3.8) is 0 Å². The molecule has 0 aliphatic carbocycles. The Labute approximate surface area is 150 Å². The number of hydrogen-bond donors (Lipinski definition) is 0. The molecule has 1 heterocycles. The summed E-state index contributed by atoms with van der Waals surface area (Å²) in [6, 6.07) is 5.65. The molecule has 0 N–H and O–H groups in total. The van der Waals surface area contributed by atoms with Crippen molar-refractivity contribution >= 4 is 15.9 Å². The van der Waals surface area contributed by atoms with Gasteiger partial charge in [-0.1, -0.05) is 19.9 Å². The number of amides is 1. The van der Waals surface area contributed by atoms with Crippen LogP contribution in [-0.4, -0.2) is 62.6 Å². The van der Waals surface area contributed by atoms with Crippen LogP contribution in [0.2, 0.25) is 0 Å². The molecule has 1 amide bonds. The molecule has 1 fully saturated rings. The van der Waals surface area contributed by atoms with Gasteiger partial charge in [-0.05, 0) is 37.0 Å². The van der Waals surface area contributed by atoms with Crippen LogP contribution in [-0.2, 0) is 16.4 Å². The van der Waals surface area contributed by atoms with Crippen LogP contribution in [0, 0.1) is 0 Å². The van der Waals surface area contributed by atoms with Crippen LogP contribution < -0.4 is 4.74 Å². The molecule has 140 valence electrons. The maximum Gasteiger partial charge on any atom is 0.257 e. The molecule has 1 saturated heterocycles. The monoisotopic (exact) mass is 368 g/mol. The van der Waals surface area contributed by atoms with Gasteiger partial charge in [0.25, 0.3) is 5.91 Å². The molecule has 0 spiro atoms. The Bertz CT molecular complexity index is 703. The van der Waals surface area contributed by atoms with Crippen LogP contribution in [0.15, 0.2) is 18.2 Å². The Kier molecular flexibility index (Phi) is 6.84. The largest absolute Gasteiger partial charge is 0.496 e. The van der Waals surface area contributed by atoms with Gasteiger partial charge in [0.15, 0.2) is 0 Å². The molecule has 0 saturated carbocycles. The van der Waals surface area contributed by atoms with E-state index in [9.17, 15) is 13.2 Å². The van der Waals surface area contributed by atoms with Gasteiger partial charge < -0.3 is 9.64 Å². The Balaban J connectivity index is 2.16. The SMILES string of the molecule is CCCS(=O)(=O)N1CCCN(C(=O)c2cc(CC)ccc2OC)CC1. The minimum atomic E-state index is -3.22. The van der Waals surface area contributed by atoms with Crippen LogP contribution in [0.3, 0.4) is 0 Å². The maximum absolute atomic E-state index is 13.0. The van der Waals surface area contributed by atoms with Crippen molar-refractivity contribution in [1.82, 2.24) is 9.21 Å². The third kappa shape index (κ3) is 4.73. The van der Waals surface area contributed by atoms with E-state index in [0.717, 1.165) is 12.0 Å². The third-order valence-corrected chi connectivity index (χ3v) is 6.58. The number of nitrogens with zero attached hydrogens (tertiary/aromatic N) is 2. The number of carbonyl (C=O) groups excluding carboxylic acids is 1. The van der Waals surface area contributed by atoms with Gasteiger partial charge in [-0.2, -0.15) is 0 Å². The Morgan fingerprint density at radius 2 is 1.92 bits per heavy atom. The van der Waals surface area contributed by atoms with Gasteiger partial charge in [0, 0.05) is 26.2 Å². The highest BCUT2D eigenvalue weighted by atomic mass is 32.2. The van der Waals surface area contributed by atoms with Crippen LogP contribution in [0.5, 0.6) is 5.75 Å². The number of aryl methyl sites for hydroxylation is 1. The standard InChI is InChI=1S/C18H28N2O4S/c1-4-13-25(22,23)20-10-6-9-19(11-12-20)18(21)16-14-15(5-2)7-8-17(16)24-3/h7-8,14H,4-6,9-13H2,1-3H3. The van der Waals surface area contributed by atoms with Crippen LogP contribution in [0.4, 0.5) is 0 Å². The highest BCUT2D eigenvalue weighted by molar-refractivity contribution is 7.89. The van der Waals surface area contributed by atoms with Gasteiger partial charge in [0.2, 0.25) is 10.0 Å². The Morgan fingerprint density at radius 3 is 2.56 bits per heavy atom. The van der Waals surface area contributed by atoms with E-state index in [4.69, 9.17) is 4.74 Å². The summed E-state index contributed by atoms with van der Waals surface area (Å²) in [6.45, 7) is 5.68. The molecule has 25 heavy (non-hydrogen) atoms. The summed E-state index contributed by atoms with van der Waals surface area (Å²) in [4.78, 5) is 14.7. The van der Waals surface area contributed by atoms with E-state index in [2.05, 4.69) is 0 Å². The predicted molar refractivity (Wildman–Crippen MR) is 98.5 cm³/mol. The number of hydrogen-bond acceptors (Lipinski definition) is 4. The smallest absolute Gasteiger partial charge is 0.257 e. The van der Waals surface area contributed by atoms with Crippen LogP contribution in [0.25, 0.3) is 0 Å². The molecular formula is C18H28N2O4S. The lowest BCUT2D eigenvalue weighted by atomic mass is 10.1. The van der Waals surface area contributed by atoms with Crippen molar-refractivity contribution < 1.29 is 17.9 Å². The summed E-state index contributed by atoms with van der Waals surface area (Å²) in [7, 11) is -1.67. The molecule has 0 unspecified atom stereocenters. The molecule has 1 aliphatic rings. The number of rotatable bonds is 6. The fourth-order valence-electron chi connectivity index (χ4n) is 3.07. The zero-order valence-electron chi connectivity index (χ0n) is 15.3. The van der Waals surface area contributed by atoms with Crippen molar-refractivity contribution in [2.24, 2.45) is 0 Å². The zero-order valence-corrected chi connectivity index (χ0v) is 16.1. The first kappa shape index (κ1) is 19.7. The van der Waals surface area contributed by atoms with Gasteiger partial charge >= 0.3 is 0 Å². The van der Waals surface area contributed by atoms with Gasteiger partial charge in [-0.3, -0.25) is 4.79 Å². The summed E-state index contributed by atoms with van der Waals surface area (Å²) in [5.41, 5.74) is 1.62. The minimum Gasteiger partial charge on any atom is -0.496 e. The molecule has 0 radical (unpaired) electrons. The molecule has 6 nitrogen and oxygen atoms in total. The summed E-state index contributed by atoms with van der Waals surface area (Å²) in [5.74, 6) is 0.622. The fraction of sp³-hybridized carbons (Fsp3) is 0.611. The molecule has 7 heteroatoms.